The Morgan fingerprint density at radius 1 is 0.840 bits per heavy atom. The fraction of sp³-hybridized carbons (Fsp3) is 0.158. The highest BCUT2D eigenvalue weighted by atomic mass is 19.1. The third kappa shape index (κ3) is 3.91. The lowest BCUT2D eigenvalue weighted by Gasteiger charge is -2.12. The van der Waals surface area contributed by atoms with Gasteiger partial charge in [0.15, 0.2) is 0 Å². The zero-order chi connectivity index (χ0) is 18.0. The average molecular weight is 340 g/mol. The monoisotopic (exact) mass is 340 g/mol. The van der Waals surface area contributed by atoms with Crippen molar-refractivity contribution in [3.8, 4) is 0 Å². The summed E-state index contributed by atoms with van der Waals surface area (Å²) in [5.41, 5.74) is 3.46. The van der Waals surface area contributed by atoms with Crippen LogP contribution in [0.4, 0.5) is 31.9 Å². The van der Waals surface area contributed by atoms with Crippen LogP contribution in [0.3, 0.4) is 0 Å². The molecule has 0 fully saturated rings. The number of hydrogen-bond acceptors (Lipinski definition) is 4. The van der Waals surface area contributed by atoms with Gasteiger partial charge < -0.3 is 10.6 Å². The van der Waals surface area contributed by atoms with Crippen molar-refractivity contribution < 1.29 is 8.78 Å². The summed E-state index contributed by atoms with van der Waals surface area (Å²) >= 11 is 0. The summed E-state index contributed by atoms with van der Waals surface area (Å²) in [5.74, 6) is -0.696. The summed E-state index contributed by atoms with van der Waals surface area (Å²) in [7, 11) is 0. The quantitative estimate of drug-likeness (QED) is 0.688. The van der Waals surface area contributed by atoms with Crippen molar-refractivity contribution in [1.82, 2.24) is 9.97 Å². The smallest absolute Gasteiger partial charge is 0.229 e. The normalized spacial score (nSPS) is 10.6. The van der Waals surface area contributed by atoms with E-state index >= 15 is 0 Å². The van der Waals surface area contributed by atoms with Crippen molar-refractivity contribution >= 4 is 23.1 Å². The van der Waals surface area contributed by atoms with Crippen molar-refractivity contribution in [1.29, 1.82) is 0 Å². The maximum absolute atomic E-state index is 13.8. The minimum Gasteiger partial charge on any atom is -0.335 e. The molecule has 0 saturated carbocycles. The molecule has 0 spiro atoms. The van der Waals surface area contributed by atoms with E-state index < -0.39 is 11.6 Å². The lowest BCUT2D eigenvalue weighted by Crippen LogP contribution is -2.05. The zero-order valence-corrected chi connectivity index (χ0v) is 14.2. The van der Waals surface area contributed by atoms with Gasteiger partial charge >= 0.3 is 0 Å². The molecule has 6 heteroatoms. The molecule has 2 N–H and O–H groups in total. The first-order valence-electron chi connectivity index (χ1n) is 7.83. The van der Waals surface area contributed by atoms with Gasteiger partial charge in [-0.15, -0.1) is 0 Å². The molecule has 0 aliphatic carbocycles. The zero-order valence-electron chi connectivity index (χ0n) is 14.2. The van der Waals surface area contributed by atoms with E-state index in [1.165, 1.54) is 18.2 Å². The van der Waals surface area contributed by atoms with E-state index in [1.54, 1.807) is 13.0 Å². The standard InChI is InChI=1S/C19H18F2N4/c1-11-7-8-12(2)16(9-11)23-19-22-13(3)10-17(25-19)24-18-14(20)5-4-6-15(18)21/h4-10H,1-3H3,(H2,22,23,24,25). The maximum atomic E-state index is 13.8. The number of aromatic nitrogens is 2. The lowest BCUT2D eigenvalue weighted by molar-refractivity contribution is 0.590. The van der Waals surface area contributed by atoms with E-state index in [4.69, 9.17) is 0 Å². The fourth-order valence-electron chi connectivity index (χ4n) is 2.42. The molecule has 0 aliphatic rings. The molecule has 25 heavy (non-hydrogen) atoms. The van der Waals surface area contributed by atoms with Crippen LogP contribution in [0.1, 0.15) is 16.8 Å². The van der Waals surface area contributed by atoms with Crippen LogP contribution in [0.25, 0.3) is 0 Å². The van der Waals surface area contributed by atoms with E-state index in [1.807, 2.05) is 32.0 Å². The second kappa shape index (κ2) is 6.84. The number of hydrogen-bond donors (Lipinski definition) is 2. The van der Waals surface area contributed by atoms with E-state index in [9.17, 15) is 8.78 Å². The third-order valence-corrected chi connectivity index (χ3v) is 3.71. The molecule has 128 valence electrons. The van der Waals surface area contributed by atoms with Gasteiger partial charge in [0.05, 0.1) is 0 Å². The first-order valence-corrected chi connectivity index (χ1v) is 7.83. The van der Waals surface area contributed by atoms with Gasteiger partial charge in [-0.05, 0) is 50.1 Å². The SMILES string of the molecule is Cc1ccc(C)c(Nc2nc(C)cc(Nc3c(F)cccc3F)n2)c1. The number of aryl methyl sites for hydroxylation is 3. The van der Waals surface area contributed by atoms with Gasteiger partial charge in [0.25, 0.3) is 0 Å². The van der Waals surface area contributed by atoms with Crippen molar-refractivity contribution in [3.63, 3.8) is 0 Å². The van der Waals surface area contributed by atoms with Crippen molar-refractivity contribution in [3.05, 3.63) is 70.9 Å². The topological polar surface area (TPSA) is 49.8 Å². The molecule has 1 aromatic heterocycles. The lowest BCUT2D eigenvalue weighted by atomic mass is 10.1. The largest absolute Gasteiger partial charge is 0.335 e. The molecule has 0 bridgehead atoms. The number of benzene rings is 2. The molecule has 0 radical (unpaired) electrons. The number of para-hydroxylation sites is 1. The Hall–Kier alpha value is -3.02. The van der Waals surface area contributed by atoms with Gasteiger partial charge in [0, 0.05) is 17.4 Å². The van der Waals surface area contributed by atoms with Crippen LogP contribution in [0.5, 0.6) is 0 Å². The summed E-state index contributed by atoms with van der Waals surface area (Å²) in [5, 5.41) is 5.85. The van der Waals surface area contributed by atoms with Crippen LogP contribution in [0.2, 0.25) is 0 Å². The highest BCUT2D eigenvalue weighted by Crippen LogP contribution is 2.25. The second-order valence-corrected chi connectivity index (χ2v) is 5.88. The highest BCUT2D eigenvalue weighted by Gasteiger charge is 2.11. The Morgan fingerprint density at radius 2 is 1.56 bits per heavy atom. The summed E-state index contributed by atoms with van der Waals surface area (Å²) in [6.45, 7) is 5.76. The Bertz CT molecular complexity index is 905. The van der Waals surface area contributed by atoms with Gasteiger partial charge in [-0.1, -0.05) is 18.2 Å². The van der Waals surface area contributed by atoms with Crippen LogP contribution in [0, 0.1) is 32.4 Å². The van der Waals surface area contributed by atoms with Gasteiger partial charge in [0.2, 0.25) is 5.95 Å². The molecule has 3 rings (SSSR count). The van der Waals surface area contributed by atoms with Crippen molar-refractivity contribution in [2.75, 3.05) is 10.6 Å². The fourth-order valence-corrected chi connectivity index (χ4v) is 2.42. The summed E-state index contributed by atoms with van der Waals surface area (Å²) in [6.07, 6.45) is 0. The van der Waals surface area contributed by atoms with Gasteiger partial charge in [0.1, 0.15) is 23.1 Å². The van der Waals surface area contributed by atoms with Crippen LogP contribution in [-0.2, 0) is 0 Å². The van der Waals surface area contributed by atoms with E-state index in [0.29, 0.717) is 17.5 Å². The molecule has 2 aromatic carbocycles. The van der Waals surface area contributed by atoms with E-state index in [0.717, 1.165) is 16.8 Å². The predicted octanol–water partition coefficient (Wildman–Crippen LogP) is 5.17. The number of rotatable bonds is 4. The van der Waals surface area contributed by atoms with Crippen molar-refractivity contribution in [2.24, 2.45) is 0 Å². The second-order valence-electron chi connectivity index (χ2n) is 5.88. The first-order chi connectivity index (χ1) is 11.9. The Kier molecular flexibility index (Phi) is 4.61. The molecule has 3 aromatic rings. The molecule has 0 amide bonds. The average Bonchev–Trinajstić information content (AvgIpc) is 2.54. The summed E-state index contributed by atoms with van der Waals surface area (Å²) in [6, 6.07) is 11.3. The number of nitrogens with one attached hydrogen (secondary N) is 2. The molecule has 4 nitrogen and oxygen atoms in total. The summed E-state index contributed by atoms with van der Waals surface area (Å²) < 4.78 is 27.6. The number of nitrogens with zero attached hydrogens (tertiary/aromatic N) is 2. The predicted molar refractivity (Wildman–Crippen MR) is 95.6 cm³/mol. The van der Waals surface area contributed by atoms with Gasteiger partial charge in [-0.2, -0.15) is 4.98 Å². The Morgan fingerprint density at radius 3 is 2.28 bits per heavy atom. The van der Waals surface area contributed by atoms with Gasteiger partial charge in [-0.3, -0.25) is 0 Å². The van der Waals surface area contributed by atoms with Crippen LogP contribution in [-0.4, -0.2) is 9.97 Å². The van der Waals surface area contributed by atoms with Crippen LogP contribution >= 0.6 is 0 Å². The molecule has 1 heterocycles. The van der Waals surface area contributed by atoms with Crippen LogP contribution in [0.15, 0.2) is 42.5 Å². The van der Waals surface area contributed by atoms with E-state index in [2.05, 4.69) is 20.6 Å². The molecule has 0 saturated heterocycles. The summed E-state index contributed by atoms with van der Waals surface area (Å²) in [4.78, 5) is 8.65. The molecule has 0 unspecified atom stereocenters. The maximum Gasteiger partial charge on any atom is 0.229 e. The minimum atomic E-state index is -0.680. The van der Waals surface area contributed by atoms with E-state index in [-0.39, 0.29) is 5.69 Å². The van der Waals surface area contributed by atoms with Gasteiger partial charge in [-0.25, -0.2) is 13.8 Å². The minimum absolute atomic E-state index is 0.238. The highest BCUT2D eigenvalue weighted by molar-refractivity contribution is 5.63. The first kappa shape index (κ1) is 16.8. The number of halogens is 2. The molecule has 0 atom stereocenters. The Labute approximate surface area is 145 Å². The Balaban J connectivity index is 1.92. The third-order valence-electron chi connectivity index (χ3n) is 3.71. The van der Waals surface area contributed by atoms with Crippen LogP contribution < -0.4 is 10.6 Å². The molecular weight excluding hydrogens is 322 g/mol. The molecular formula is C19H18F2N4. The number of anilines is 4. The molecule has 0 aliphatic heterocycles. The van der Waals surface area contributed by atoms with Crippen molar-refractivity contribution in [2.45, 2.75) is 20.8 Å².